The van der Waals surface area contributed by atoms with E-state index in [1.807, 2.05) is 0 Å². The predicted octanol–water partition coefficient (Wildman–Crippen LogP) is 12.7. The molecule has 0 aliphatic carbocycles. The van der Waals surface area contributed by atoms with Gasteiger partial charge in [-0.05, 0) is 44.9 Å². The third-order valence-corrected chi connectivity index (χ3v) is 21.9. The van der Waals surface area contributed by atoms with Gasteiger partial charge in [0, 0.05) is 19.8 Å². The third-order valence-electron chi connectivity index (χ3n) is 21.9. The second-order valence-corrected chi connectivity index (χ2v) is 31.4. The van der Waals surface area contributed by atoms with E-state index in [0.717, 1.165) is 64.7 Å². The Morgan fingerprint density at radius 1 is 0.486 bits per heavy atom. The van der Waals surface area contributed by atoms with Crippen LogP contribution in [0.15, 0.2) is 24.3 Å². The van der Waals surface area contributed by atoms with Gasteiger partial charge in [0.1, 0.15) is 67.1 Å². The molecule has 18 unspecified atom stereocenters. The molecule has 628 valence electrons. The van der Waals surface area contributed by atoms with Crippen LogP contribution in [-0.2, 0) is 42.8 Å². The number of hydrogen-bond acceptors (Lipinski definition) is 20. The average Bonchev–Trinajstić information content (AvgIpc) is 0.753. The quantitative estimate of drug-likeness (QED) is 0.0199. The van der Waals surface area contributed by atoms with Crippen molar-refractivity contribution in [2.24, 2.45) is 0 Å². The van der Waals surface area contributed by atoms with Crippen LogP contribution in [0.1, 0.15) is 355 Å². The summed E-state index contributed by atoms with van der Waals surface area (Å²) < 4.78 is 35.0. The summed E-state index contributed by atoms with van der Waals surface area (Å²) in [5, 5.41) is 137. The average molecular weight is 1530 g/mol. The molecule has 0 aromatic rings. The smallest absolute Gasteiger partial charge is 0.364 e. The summed E-state index contributed by atoms with van der Waals surface area (Å²) >= 11 is 0. The SMILES string of the molecule is CCCCCCCCCCC/C=C\C/C=C\CCCCCCCCCCCCCCCCCCCC(=O)NC(COC1OC(CO)C(OC2OC(CO)C(O)C(OC3(C(=O)O)CC(O)C(NC(C)=O)C(C(O)C(O)CO)O3)C2O)C(O)C1O)C(O)CCCCCCCCCCCCCCCCCCCCCC. The monoisotopic (exact) mass is 1530 g/mol. The van der Waals surface area contributed by atoms with Crippen molar-refractivity contribution in [1.29, 1.82) is 0 Å². The zero-order valence-corrected chi connectivity index (χ0v) is 66.8. The molecular formula is C84H156N2O21. The van der Waals surface area contributed by atoms with Crippen molar-refractivity contribution in [3.8, 4) is 0 Å². The summed E-state index contributed by atoms with van der Waals surface area (Å²) in [5.74, 6) is -6.09. The second kappa shape index (κ2) is 62.6. The van der Waals surface area contributed by atoms with Gasteiger partial charge < -0.3 is 100 Å². The molecule has 0 aromatic heterocycles. The van der Waals surface area contributed by atoms with Crippen molar-refractivity contribution < 1.29 is 104 Å². The lowest BCUT2D eigenvalue weighted by molar-refractivity contribution is -0.386. The maximum atomic E-state index is 13.6. The van der Waals surface area contributed by atoms with E-state index in [4.69, 9.17) is 28.4 Å². The minimum absolute atomic E-state index is 0.226. The Morgan fingerprint density at radius 3 is 1.31 bits per heavy atom. The summed E-state index contributed by atoms with van der Waals surface area (Å²) in [6, 6.07) is -2.53. The number of rotatable bonds is 69. The first-order valence-corrected chi connectivity index (χ1v) is 43.2. The van der Waals surface area contributed by atoms with Crippen LogP contribution in [0.5, 0.6) is 0 Å². The molecule has 0 radical (unpaired) electrons. The number of aliphatic hydroxyl groups is 11. The highest BCUT2D eigenvalue weighted by atomic mass is 16.8. The molecular weight excluding hydrogens is 1370 g/mol. The molecule has 3 aliphatic heterocycles. The van der Waals surface area contributed by atoms with Crippen LogP contribution in [-0.4, -0.2) is 215 Å². The molecule has 3 saturated heterocycles. The Kier molecular flexibility index (Phi) is 57.6. The Morgan fingerprint density at radius 2 is 0.897 bits per heavy atom. The molecule has 3 heterocycles. The first-order chi connectivity index (χ1) is 51.9. The van der Waals surface area contributed by atoms with E-state index in [1.165, 1.54) is 244 Å². The third kappa shape index (κ3) is 42.2. The fraction of sp³-hybridized carbons (Fsp3) is 0.917. The predicted molar refractivity (Wildman–Crippen MR) is 417 cm³/mol. The molecule has 0 spiro atoms. The lowest BCUT2D eigenvalue weighted by Crippen LogP contribution is -2.70. The fourth-order valence-electron chi connectivity index (χ4n) is 15.1. The number of amides is 2. The standard InChI is InChI=1S/C84H156N2O21/c1-4-6-8-10-12-14-16-18-20-22-24-26-27-28-29-30-31-32-33-34-35-36-37-38-40-42-44-46-48-50-52-54-56-58-71(94)86-65(66(91)57-55-53-51-49-47-45-43-41-39-25-23-21-19-17-15-13-11-9-7-5-2)63-102-81-76(98)75(97)78(70(62-89)104-81)105-82-77(99)80(74(96)69(61-88)103-82)107-84(83(100)101)59-67(92)72(85-64(3)90)79(106-84)73(95)68(93)60-87/h24,26,28-29,65-70,72-82,87-89,91-93,95-99H,4-23,25,27,30-63H2,1-3H3,(H,85,90)(H,86,94)(H,100,101)/b26-24-,29-28-. The number of carbonyl (C=O) groups excluding carboxylic acids is 2. The summed E-state index contributed by atoms with van der Waals surface area (Å²) in [7, 11) is 0. The van der Waals surface area contributed by atoms with Gasteiger partial charge in [-0.1, -0.05) is 314 Å². The van der Waals surface area contributed by atoms with E-state index in [2.05, 4.69) is 48.8 Å². The Labute approximate surface area is 644 Å². The molecule has 0 aromatic carbocycles. The molecule has 3 aliphatic rings. The molecule has 0 bridgehead atoms. The van der Waals surface area contributed by atoms with Gasteiger partial charge in [-0.15, -0.1) is 0 Å². The van der Waals surface area contributed by atoms with Crippen LogP contribution in [0.3, 0.4) is 0 Å². The number of nitrogens with one attached hydrogen (secondary N) is 2. The van der Waals surface area contributed by atoms with Crippen molar-refractivity contribution in [2.45, 2.75) is 464 Å². The Bertz CT molecular complexity index is 2220. The molecule has 107 heavy (non-hydrogen) atoms. The normalized spacial score (nSPS) is 26.1. The summed E-state index contributed by atoms with van der Waals surface area (Å²) in [6.07, 6.45) is 41.8. The molecule has 23 heteroatoms. The van der Waals surface area contributed by atoms with Crippen LogP contribution >= 0.6 is 0 Å². The fourth-order valence-corrected chi connectivity index (χ4v) is 15.1. The number of allylic oxidation sites excluding steroid dienone is 4. The number of aliphatic hydroxyl groups excluding tert-OH is 11. The highest BCUT2D eigenvalue weighted by Gasteiger charge is 2.60. The van der Waals surface area contributed by atoms with Crippen molar-refractivity contribution in [1.82, 2.24) is 10.6 Å². The van der Waals surface area contributed by atoms with Gasteiger partial charge in [0.2, 0.25) is 11.8 Å². The van der Waals surface area contributed by atoms with Crippen molar-refractivity contribution in [2.75, 3.05) is 26.4 Å². The van der Waals surface area contributed by atoms with Gasteiger partial charge in [0.15, 0.2) is 12.6 Å². The molecule has 18 atom stereocenters. The van der Waals surface area contributed by atoms with Crippen LogP contribution < -0.4 is 10.6 Å². The molecule has 2 amide bonds. The summed E-state index contributed by atoms with van der Waals surface area (Å²) in [4.78, 5) is 38.8. The maximum Gasteiger partial charge on any atom is 0.364 e. The Balaban J connectivity index is 1.45. The van der Waals surface area contributed by atoms with E-state index < -0.39 is 148 Å². The van der Waals surface area contributed by atoms with Gasteiger partial charge in [-0.2, -0.15) is 0 Å². The molecule has 23 nitrogen and oxygen atoms in total. The van der Waals surface area contributed by atoms with E-state index in [1.54, 1.807) is 0 Å². The van der Waals surface area contributed by atoms with Crippen molar-refractivity contribution in [3.05, 3.63) is 24.3 Å². The largest absolute Gasteiger partial charge is 0.477 e. The number of carboxylic acid groups (broad SMARTS) is 1. The number of carboxylic acids is 1. The molecule has 3 fully saturated rings. The lowest BCUT2D eigenvalue weighted by Gasteiger charge is -2.50. The number of ether oxygens (including phenoxy) is 6. The van der Waals surface area contributed by atoms with Gasteiger partial charge >= 0.3 is 5.97 Å². The van der Waals surface area contributed by atoms with Crippen molar-refractivity contribution in [3.63, 3.8) is 0 Å². The minimum atomic E-state index is -3.08. The first-order valence-electron chi connectivity index (χ1n) is 43.2. The number of hydrogen-bond donors (Lipinski definition) is 14. The topological polar surface area (TPSA) is 373 Å². The van der Waals surface area contributed by atoms with E-state index >= 15 is 0 Å². The van der Waals surface area contributed by atoms with Crippen LogP contribution in [0, 0.1) is 0 Å². The van der Waals surface area contributed by atoms with E-state index in [9.17, 15) is 75.7 Å². The zero-order valence-electron chi connectivity index (χ0n) is 66.8. The molecule has 0 saturated carbocycles. The van der Waals surface area contributed by atoms with Gasteiger partial charge in [-0.3, -0.25) is 9.59 Å². The highest BCUT2D eigenvalue weighted by molar-refractivity contribution is 5.77. The van der Waals surface area contributed by atoms with E-state index in [-0.39, 0.29) is 18.9 Å². The second-order valence-electron chi connectivity index (χ2n) is 31.4. The zero-order chi connectivity index (χ0) is 78.1. The maximum absolute atomic E-state index is 13.6. The first kappa shape index (κ1) is 98.4. The molecule has 14 N–H and O–H groups in total. The summed E-state index contributed by atoms with van der Waals surface area (Å²) in [5.41, 5.74) is 0. The lowest BCUT2D eigenvalue weighted by atomic mass is 9.88. The number of unbranched alkanes of at least 4 members (excludes halogenated alkanes) is 45. The van der Waals surface area contributed by atoms with Gasteiger partial charge in [-0.25, -0.2) is 4.79 Å². The van der Waals surface area contributed by atoms with Crippen molar-refractivity contribution >= 4 is 17.8 Å². The van der Waals surface area contributed by atoms with Gasteiger partial charge in [0.05, 0.1) is 50.7 Å². The van der Waals surface area contributed by atoms with Crippen LogP contribution in [0.2, 0.25) is 0 Å². The van der Waals surface area contributed by atoms with Crippen LogP contribution in [0.25, 0.3) is 0 Å². The highest BCUT2D eigenvalue weighted by Crippen LogP contribution is 2.39. The Hall–Kier alpha value is -2.79. The summed E-state index contributed by atoms with van der Waals surface area (Å²) in [6.45, 7) is 2.26. The van der Waals surface area contributed by atoms with Crippen LogP contribution in [0.4, 0.5) is 0 Å². The van der Waals surface area contributed by atoms with E-state index in [0.29, 0.717) is 19.3 Å². The van der Waals surface area contributed by atoms with Gasteiger partial charge in [0.25, 0.3) is 5.79 Å². The minimum Gasteiger partial charge on any atom is -0.477 e. The number of carbonyl (C=O) groups is 3. The number of aliphatic carboxylic acids is 1. The molecule has 3 rings (SSSR count).